The van der Waals surface area contributed by atoms with Crippen LogP contribution in [0.4, 0.5) is 0 Å². The van der Waals surface area contributed by atoms with Crippen molar-refractivity contribution in [1.82, 2.24) is 9.88 Å². The topological polar surface area (TPSA) is 91.9 Å². The first kappa shape index (κ1) is 17.1. The van der Waals surface area contributed by atoms with E-state index in [2.05, 4.69) is 9.88 Å². The number of pyridine rings is 1. The number of carboxylic acid groups (broad SMARTS) is 1. The molecule has 0 amide bonds. The average Bonchev–Trinajstić information content (AvgIpc) is 3.01. The van der Waals surface area contributed by atoms with Gasteiger partial charge in [0.25, 0.3) is 5.56 Å². The average molecular weight is 358 g/mol. The van der Waals surface area contributed by atoms with Crippen LogP contribution in [0.1, 0.15) is 12.0 Å². The van der Waals surface area contributed by atoms with E-state index in [4.69, 9.17) is 9.47 Å². The van der Waals surface area contributed by atoms with Gasteiger partial charge >= 0.3 is 5.97 Å². The van der Waals surface area contributed by atoms with Crippen molar-refractivity contribution in [3.05, 3.63) is 40.2 Å². The Kier molecular flexibility index (Phi) is 4.20. The maximum absolute atomic E-state index is 12.5. The van der Waals surface area contributed by atoms with Gasteiger partial charge in [0.05, 0.1) is 24.6 Å². The van der Waals surface area contributed by atoms with E-state index in [9.17, 15) is 14.7 Å². The van der Waals surface area contributed by atoms with Crippen LogP contribution in [0, 0.1) is 11.3 Å². The van der Waals surface area contributed by atoms with Crippen LogP contribution in [0.5, 0.6) is 5.75 Å². The Bertz CT molecular complexity index is 908. The smallest absolute Gasteiger partial charge is 0.311 e. The molecule has 1 aromatic heterocycles. The number of benzene rings is 1. The number of likely N-dealkylation sites (tertiary alicyclic amines) is 1. The van der Waals surface area contributed by atoms with Crippen molar-refractivity contribution in [2.24, 2.45) is 11.3 Å². The Morgan fingerprint density at radius 1 is 1.46 bits per heavy atom. The maximum Gasteiger partial charge on any atom is 0.311 e. The lowest BCUT2D eigenvalue weighted by Gasteiger charge is -2.34. The Balaban J connectivity index is 1.60. The highest BCUT2D eigenvalue weighted by molar-refractivity contribution is 5.80. The van der Waals surface area contributed by atoms with E-state index in [0.29, 0.717) is 50.6 Å². The molecule has 7 nitrogen and oxygen atoms in total. The van der Waals surface area contributed by atoms with Gasteiger partial charge in [0.15, 0.2) is 0 Å². The predicted octanol–water partition coefficient (Wildman–Crippen LogP) is 1.46. The number of hydrogen-bond donors (Lipinski definition) is 2. The Hall–Kier alpha value is -2.38. The van der Waals surface area contributed by atoms with Gasteiger partial charge in [0, 0.05) is 43.8 Å². The number of methoxy groups -OCH3 is 1. The predicted molar refractivity (Wildman–Crippen MR) is 95.4 cm³/mol. The number of nitrogens with one attached hydrogen (secondary N) is 1. The van der Waals surface area contributed by atoms with Gasteiger partial charge in [0.1, 0.15) is 5.75 Å². The third-order valence-electron chi connectivity index (χ3n) is 5.73. The van der Waals surface area contributed by atoms with Crippen molar-refractivity contribution >= 4 is 16.9 Å². The van der Waals surface area contributed by atoms with Gasteiger partial charge < -0.3 is 19.6 Å². The van der Waals surface area contributed by atoms with Crippen LogP contribution in [-0.4, -0.2) is 54.4 Å². The molecule has 2 aromatic rings. The number of nitrogens with zero attached hydrogens (tertiary/aromatic N) is 1. The highest BCUT2D eigenvalue weighted by Gasteiger charge is 2.53. The number of aliphatic carboxylic acids is 1. The summed E-state index contributed by atoms with van der Waals surface area (Å²) in [4.78, 5) is 29.3. The Labute approximate surface area is 150 Å². The molecular weight excluding hydrogens is 336 g/mol. The van der Waals surface area contributed by atoms with Crippen LogP contribution in [0.15, 0.2) is 29.1 Å². The highest BCUT2D eigenvalue weighted by atomic mass is 16.5. The number of aromatic nitrogens is 1. The zero-order valence-electron chi connectivity index (χ0n) is 14.7. The second kappa shape index (κ2) is 6.41. The standard InChI is InChI=1S/C19H22N2O5/c1-25-15-3-2-12-6-13(17(22)20-16(12)7-15)8-21-9-14-10-26-5-4-19(14,11-21)18(23)24/h2-3,6-7,14H,4-5,8-11H2,1H3,(H,20,22)(H,23,24)/t14-,19+/m1/s1. The molecule has 0 spiro atoms. The lowest BCUT2D eigenvalue weighted by atomic mass is 9.74. The van der Waals surface area contributed by atoms with Crippen molar-refractivity contribution in [3.63, 3.8) is 0 Å². The molecular formula is C19H22N2O5. The summed E-state index contributed by atoms with van der Waals surface area (Å²) in [6, 6.07) is 7.43. The van der Waals surface area contributed by atoms with Gasteiger partial charge in [-0.3, -0.25) is 14.5 Å². The summed E-state index contributed by atoms with van der Waals surface area (Å²) in [6.07, 6.45) is 0.525. The monoisotopic (exact) mass is 358 g/mol. The largest absolute Gasteiger partial charge is 0.497 e. The number of H-pyrrole nitrogens is 1. The lowest BCUT2D eigenvalue weighted by Crippen LogP contribution is -2.44. The molecule has 2 aliphatic rings. The van der Waals surface area contributed by atoms with Gasteiger partial charge in [-0.25, -0.2) is 0 Å². The van der Waals surface area contributed by atoms with E-state index in [1.54, 1.807) is 13.2 Å². The zero-order valence-corrected chi connectivity index (χ0v) is 14.7. The van der Waals surface area contributed by atoms with Crippen LogP contribution in [0.3, 0.4) is 0 Å². The molecule has 1 aromatic carbocycles. The van der Waals surface area contributed by atoms with Crippen molar-refractivity contribution in [2.75, 3.05) is 33.4 Å². The molecule has 7 heteroatoms. The van der Waals surface area contributed by atoms with Crippen molar-refractivity contribution in [1.29, 1.82) is 0 Å². The second-order valence-corrected chi connectivity index (χ2v) is 7.23. The molecule has 0 aliphatic carbocycles. The molecule has 0 saturated carbocycles. The minimum Gasteiger partial charge on any atom is -0.497 e. The molecule has 138 valence electrons. The van der Waals surface area contributed by atoms with Crippen LogP contribution in [0.25, 0.3) is 10.9 Å². The summed E-state index contributed by atoms with van der Waals surface area (Å²) < 4.78 is 10.7. The summed E-state index contributed by atoms with van der Waals surface area (Å²) in [5.74, 6) is -0.0988. The molecule has 2 N–H and O–H groups in total. The van der Waals surface area contributed by atoms with E-state index >= 15 is 0 Å². The van der Waals surface area contributed by atoms with Crippen LogP contribution < -0.4 is 10.3 Å². The summed E-state index contributed by atoms with van der Waals surface area (Å²) in [6.45, 7) is 2.47. The minimum absolute atomic E-state index is 0.0300. The molecule has 26 heavy (non-hydrogen) atoms. The zero-order chi connectivity index (χ0) is 18.3. The van der Waals surface area contributed by atoms with Crippen molar-refractivity contribution in [2.45, 2.75) is 13.0 Å². The van der Waals surface area contributed by atoms with Crippen molar-refractivity contribution < 1.29 is 19.4 Å². The van der Waals surface area contributed by atoms with E-state index in [1.165, 1.54) is 0 Å². The third-order valence-corrected chi connectivity index (χ3v) is 5.73. The fourth-order valence-corrected chi connectivity index (χ4v) is 4.23. The summed E-state index contributed by atoms with van der Waals surface area (Å²) in [5, 5.41) is 10.7. The molecule has 0 radical (unpaired) electrons. The first-order valence-corrected chi connectivity index (χ1v) is 8.75. The molecule has 0 bridgehead atoms. The number of fused-ring (bicyclic) bond motifs is 2. The quantitative estimate of drug-likeness (QED) is 0.860. The molecule has 2 atom stereocenters. The summed E-state index contributed by atoms with van der Waals surface area (Å²) in [7, 11) is 1.59. The SMILES string of the molecule is COc1ccc2cc(CN3C[C@@H]4COCC[C@]4(C(=O)O)C3)c(=O)[nH]c2c1. The number of carboxylic acids is 1. The van der Waals surface area contributed by atoms with Crippen molar-refractivity contribution in [3.8, 4) is 5.75 Å². The first-order valence-electron chi connectivity index (χ1n) is 8.75. The number of hydrogen-bond acceptors (Lipinski definition) is 5. The second-order valence-electron chi connectivity index (χ2n) is 7.23. The lowest BCUT2D eigenvalue weighted by molar-refractivity contribution is -0.157. The minimum atomic E-state index is -0.757. The fourth-order valence-electron chi connectivity index (χ4n) is 4.23. The summed E-state index contributed by atoms with van der Waals surface area (Å²) >= 11 is 0. The van der Waals surface area contributed by atoms with Gasteiger partial charge in [-0.15, -0.1) is 0 Å². The van der Waals surface area contributed by atoms with Crippen LogP contribution in [-0.2, 0) is 16.1 Å². The molecule has 3 heterocycles. The van der Waals surface area contributed by atoms with Crippen LogP contribution >= 0.6 is 0 Å². The Morgan fingerprint density at radius 2 is 2.31 bits per heavy atom. The van der Waals surface area contributed by atoms with E-state index in [0.717, 1.165) is 10.9 Å². The normalized spacial score (nSPS) is 26.0. The third kappa shape index (κ3) is 2.77. The van der Waals surface area contributed by atoms with E-state index in [1.807, 2.05) is 18.2 Å². The van der Waals surface area contributed by atoms with Crippen LogP contribution in [0.2, 0.25) is 0 Å². The number of aromatic amines is 1. The van der Waals surface area contributed by atoms with Gasteiger partial charge in [-0.05, 0) is 30.0 Å². The van der Waals surface area contributed by atoms with Gasteiger partial charge in [-0.2, -0.15) is 0 Å². The van der Waals surface area contributed by atoms with Gasteiger partial charge in [-0.1, -0.05) is 0 Å². The number of ether oxygens (including phenoxy) is 2. The molecule has 4 rings (SSSR count). The fraction of sp³-hybridized carbons (Fsp3) is 0.474. The molecule has 2 aliphatic heterocycles. The van der Waals surface area contributed by atoms with E-state index in [-0.39, 0.29) is 11.5 Å². The highest BCUT2D eigenvalue weighted by Crippen LogP contribution is 2.42. The first-order chi connectivity index (χ1) is 12.5. The Morgan fingerprint density at radius 3 is 3.04 bits per heavy atom. The van der Waals surface area contributed by atoms with E-state index < -0.39 is 11.4 Å². The molecule has 2 saturated heterocycles. The summed E-state index contributed by atoms with van der Waals surface area (Å²) in [5.41, 5.74) is 0.461. The number of carbonyl (C=O) groups is 1. The molecule has 2 fully saturated rings. The van der Waals surface area contributed by atoms with Gasteiger partial charge in [0.2, 0.25) is 0 Å². The number of rotatable bonds is 4. The maximum atomic E-state index is 12.5. The molecule has 0 unspecified atom stereocenters.